The van der Waals surface area contributed by atoms with E-state index in [1.165, 1.54) is 11.8 Å². The van der Waals surface area contributed by atoms with Gasteiger partial charge in [-0.2, -0.15) is 0 Å². The summed E-state index contributed by atoms with van der Waals surface area (Å²) in [6, 6.07) is 15.1. The molecule has 0 aliphatic rings. The third-order valence-electron chi connectivity index (χ3n) is 3.34. The zero-order valence-electron chi connectivity index (χ0n) is 13.6. The van der Waals surface area contributed by atoms with Crippen LogP contribution < -0.4 is 9.47 Å². The smallest absolute Gasteiger partial charge is 0.276 e. The first kappa shape index (κ1) is 17.6. The quantitative estimate of drug-likeness (QED) is 0.426. The highest BCUT2D eigenvalue weighted by Crippen LogP contribution is 2.20. The van der Waals surface area contributed by atoms with Crippen molar-refractivity contribution in [2.24, 2.45) is 0 Å². The number of aromatic nitrogens is 2. The van der Waals surface area contributed by atoms with Crippen molar-refractivity contribution < 1.29 is 13.9 Å². The Morgan fingerprint density at radius 3 is 2.68 bits per heavy atom. The zero-order chi connectivity index (χ0) is 17.5. The maximum Gasteiger partial charge on any atom is 0.276 e. The van der Waals surface area contributed by atoms with Gasteiger partial charge in [0.25, 0.3) is 5.22 Å². The molecule has 5 nitrogen and oxygen atoms in total. The molecule has 3 rings (SSSR count). The van der Waals surface area contributed by atoms with Crippen molar-refractivity contribution in [2.45, 2.75) is 11.6 Å². The fourth-order valence-electron chi connectivity index (χ4n) is 2.13. The van der Waals surface area contributed by atoms with Gasteiger partial charge in [0.05, 0.1) is 20.1 Å². The third-order valence-corrected chi connectivity index (χ3v) is 4.35. The molecule has 1 aromatic heterocycles. The number of thioether (sulfide) groups is 1. The molecule has 3 aromatic rings. The lowest BCUT2D eigenvalue weighted by Crippen LogP contribution is -1.99. The molecular formula is C18H17ClN2O3S. The van der Waals surface area contributed by atoms with Gasteiger partial charge in [-0.3, -0.25) is 0 Å². The molecule has 2 aromatic carbocycles. The van der Waals surface area contributed by atoms with Crippen LogP contribution in [0.5, 0.6) is 11.5 Å². The monoisotopic (exact) mass is 376 g/mol. The maximum atomic E-state index is 5.91. The first-order chi connectivity index (χ1) is 12.2. The van der Waals surface area contributed by atoms with Crippen molar-refractivity contribution in [2.75, 3.05) is 19.5 Å². The van der Waals surface area contributed by atoms with Gasteiger partial charge in [0.2, 0.25) is 5.89 Å². The topological polar surface area (TPSA) is 57.4 Å². The molecule has 0 fully saturated rings. The van der Waals surface area contributed by atoms with E-state index < -0.39 is 0 Å². The Hall–Kier alpha value is -2.18. The summed E-state index contributed by atoms with van der Waals surface area (Å²) in [5.41, 5.74) is 1.09. The molecule has 25 heavy (non-hydrogen) atoms. The van der Waals surface area contributed by atoms with E-state index in [1.807, 2.05) is 42.5 Å². The molecule has 7 heteroatoms. The van der Waals surface area contributed by atoms with Crippen LogP contribution in [0.1, 0.15) is 11.5 Å². The van der Waals surface area contributed by atoms with Crippen LogP contribution in [0.3, 0.4) is 0 Å². The first-order valence-corrected chi connectivity index (χ1v) is 9.06. The summed E-state index contributed by atoms with van der Waals surface area (Å²) >= 11 is 7.38. The van der Waals surface area contributed by atoms with Gasteiger partial charge >= 0.3 is 0 Å². The van der Waals surface area contributed by atoms with Crippen molar-refractivity contribution in [1.82, 2.24) is 10.2 Å². The number of halogens is 1. The summed E-state index contributed by atoms with van der Waals surface area (Å²) in [5.74, 6) is 2.86. The summed E-state index contributed by atoms with van der Waals surface area (Å²) in [6.07, 6.45) is 0.594. The van der Waals surface area contributed by atoms with Crippen LogP contribution in [-0.2, 0) is 6.42 Å². The number of ether oxygens (including phenoxy) is 2. The van der Waals surface area contributed by atoms with Crippen LogP contribution in [0.25, 0.3) is 0 Å². The van der Waals surface area contributed by atoms with Crippen LogP contribution in [0.2, 0.25) is 5.02 Å². The molecule has 0 unspecified atom stereocenters. The molecule has 0 saturated carbocycles. The average molecular weight is 377 g/mol. The molecule has 0 atom stereocenters. The summed E-state index contributed by atoms with van der Waals surface area (Å²) in [6.45, 7) is 0.529. The van der Waals surface area contributed by atoms with Crippen LogP contribution >= 0.6 is 23.4 Å². The van der Waals surface area contributed by atoms with Crippen molar-refractivity contribution >= 4 is 23.4 Å². The van der Waals surface area contributed by atoms with Gasteiger partial charge in [-0.15, -0.1) is 10.2 Å². The molecule has 0 amide bonds. The van der Waals surface area contributed by atoms with Crippen molar-refractivity contribution in [3.05, 3.63) is 65.0 Å². The molecule has 130 valence electrons. The maximum absolute atomic E-state index is 5.91. The van der Waals surface area contributed by atoms with Crippen LogP contribution in [0.4, 0.5) is 0 Å². The van der Waals surface area contributed by atoms with E-state index in [2.05, 4.69) is 10.2 Å². The largest absolute Gasteiger partial charge is 0.497 e. The van der Waals surface area contributed by atoms with Crippen LogP contribution in [0, 0.1) is 0 Å². The minimum absolute atomic E-state index is 0.529. The lowest BCUT2D eigenvalue weighted by atomic mass is 10.1. The van der Waals surface area contributed by atoms with E-state index in [0.29, 0.717) is 34.9 Å². The van der Waals surface area contributed by atoms with E-state index in [-0.39, 0.29) is 0 Å². The number of rotatable bonds is 8. The van der Waals surface area contributed by atoms with Gasteiger partial charge in [0.15, 0.2) is 0 Å². The van der Waals surface area contributed by atoms with Crippen LogP contribution in [0.15, 0.2) is 58.2 Å². The van der Waals surface area contributed by atoms with Crippen molar-refractivity contribution in [3.8, 4) is 11.5 Å². The zero-order valence-corrected chi connectivity index (χ0v) is 15.2. The van der Waals surface area contributed by atoms with Crippen LogP contribution in [-0.4, -0.2) is 29.7 Å². The van der Waals surface area contributed by atoms with Gasteiger partial charge in [0, 0.05) is 10.8 Å². The standard InChI is InChI=1S/C18H17ClN2O3S/c1-22-15-7-5-13(6-8-15)11-17-20-21-18(24-17)25-10-9-23-16-4-2-3-14(19)12-16/h2-8,12H,9-11H2,1H3. The first-order valence-electron chi connectivity index (χ1n) is 7.69. The van der Waals surface area contributed by atoms with E-state index in [0.717, 1.165) is 17.1 Å². The number of nitrogens with zero attached hydrogens (tertiary/aromatic N) is 2. The molecular weight excluding hydrogens is 360 g/mol. The van der Waals surface area contributed by atoms with Gasteiger partial charge in [-0.05, 0) is 35.9 Å². The fourth-order valence-corrected chi connectivity index (χ4v) is 2.91. The highest BCUT2D eigenvalue weighted by Gasteiger charge is 2.08. The Morgan fingerprint density at radius 1 is 1.08 bits per heavy atom. The van der Waals surface area contributed by atoms with Gasteiger partial charge in [-0.1, -0.05) is 41.6 Å². The van der Waals surface area contributed by atoms with E-state index in [9.17, 15) is 0 Å². The predicted octanol–water partition coefficient (Wildman–Crippen LogP) is 4.49. The molecule has 1 heterocycles. The van der Waals surface area contributed by atoms with E-state index >= 15 is 0 Å². The third kappa shape index (κ3) is 5.41. The Morgan fingerprint density at radius 2 is 1.92 bits per heavy atom. The Bertz CT molecular complexity index is 808. The number of benzene rings is 2. The minimum Gasteiger partial charge on any atom is -0.497 e. The number of hydrogen-bond acceptors (Lipinski definition) is 6. The molecule has 0 saturated heterocycles. The number of methoxy groups -OCH3 is 1. The molecule has 0 spiro atoms. The number of hydrogen-bond donors (Lipinski definition) is 0. The Labute approximate surface area is 155 Å². The highest BCUT2D eigenvalue weighted by molar-refractivity contribution is 7.99. The van der Waals surface area contributed by atoms with Gasteiger partial charge in [-0.25, -0.2) is 0 Å². The lowest BCUT2D eigenvalue weighted by Gasteiger charge is -2.04. The summed E-state index contributed by atoms with van der Waals surface area (Å²) < 4.78 is 16.4. The lowest BCUT2D eigenvalue weighted by molar-refractivity contribution is 0.343. The SMILES string of the molecule is COc1ccc(Cc2nnc(SCCOc3cccc(Cl)c3)o2)cc1. The minimum atomic E-state index is 0.529. The van der Waals surface area contributed by atoms with Crippen molar-refractivity contribution in [3.63, 3.8) is 0 Å². The summed E-state index contributed by atoms with van der Waals surface area (Å²) in [5, 5.41) is 9.32. The molecule has 0 radical (unpaired) electrons. The molecule has 0 aliphatic carbocycles. The Balaban J connectivity index is 1.45. The summed E-state index contributed by atoms with van der Waals surface area (Å²) in [7, 11) is 1.65. The highest BCUT2D eigenvalue weighted by atomic mass is 35.5. The van der Waals surface area contributed by atoms with Crippen molar-refractivity contribution in [1.29, 1.82) is 0 Å². The van der Waals surface area contributed by atoms with E-state index in [1.54, 1.807) is 13.2 Å². The molecule has 0 N–H and O–H groups in total. The molecule has 0 aliphatic heterocycles. The second kappa shape index (κ2) is 8.78. The van der Waals surface area contributed by atoms with E-state index in [4.69, 9.17) is 25.5 Å². The summed E-state index contributed by atoms with van der Waals surface area (Å²) in [4.78, 5) is 0. The second-order valence-electron chi connectivity index (χ2n) is 5.14. The molecule has 0 bridgehead atoms. The predicted molar refractivity (Wildman–Crippen MR) is 97.8 cm³/mol. The fraction of sp³-hybridized carbons (Fsp3) is 0.222. The van der Waals surface area contributed by atoms with Gasteiger partial charge in [0.1, 0.15) is 11.5 Å². The van der Waals surface area contributed by atoms with Gasteiger partial charge < -0.3 is 13.9 Å². The normalized spacial score (nSPS) is 10.6. The second-order valence-corrected chi connectivity index (χ2v) is 6.62. The average Bonchev–Trinajstić information content (AvgIpc) is 3.07. The Kier molecular flexibility index (Phi) is 6.19.